The summed E-state index contributed by atoms with van der Waals surface area (Å²) < 4.78 is 20.9. The summed E-state index contributed by atoms with van der Waals surface area (Å²) in [5.41, 5.74) is 0. The monoisotopic (exact) mass is 217 g/mol. The molecule has 0 bridgehead atoms. The summed E-state index contributed by atoms with van der Waals surface area (Å²) in [6.07, 6.45) is 0. The maximum atomic E-state index is 10.5. The number of aliphatic carboxylic acids is 2. The van der Waals surface area contributed by atoms with E-state index in [0.717, 1.165) is 0 Å². The van der Waals surface area contributed by atoms with Gasteiger partial charge in [-0.2, -0.15) is 0 Å². The number of carboxylic acid groups (broad SMARTS) is 2. The molecule has 1 radical (unpaired) electrons. The average Bonchev–Trinajstić information content (AvgIpc) is 1.89. The fraction of sp³-hybridized carbons (Fsp3) is 0.500. The molecule has 0 aliphatic heterocycles. The van der Waals surface area contributed by atoms with Crippen LogP contribution in [0.15, 0.2) is 0 Å². The van der Waals surface area contributed by atoms with Crippen LogP contribution >= 0.6 is 0 Å². The standard InChI is InChI=1S/2C2H3FO2.Cu/c2*3-1-2(4)5;/h2*1H2,(H,4,5);/q;;+2/p-2. The van der Waals surface area contributed by atoms with Crippen molar-refractivity contribution in [1.82, 2.24) is 0 Å². The van der Waals surface area contributed by atoms with Gasteiger partial charge in [0.2, 0.25) is 0 Å². The molecular weight excluding hydrogens is 214 g/mol. The van der Waals surface area contributed by atoms with E-state index < -0.39 is 25.3 Å². The van der Waals surface area contributed by atoms with Crippen molar-refractivity contribution in [1.29, 1.82) is 0 Å². The van der Waals surface area contributed by atoms with Gasteiger partial charge in [0.15, 0.2) is 0 Å². The molecule has 0 aliphatic rings. The van der Waals surface area contributed by atoms with Crippen LogP contribution in [0, 0.1) is 0 Å². The second kappa shape index (κ2) is 12.0. The molecule has 0 saturated heterocycles. The van der Waals surface area contributed by atoms with E-state index in [1.54, 1.807) is 0 Å². The van der Waals surface area contributed by atoms with Gasteiger partial charge >= 0.3 is 17.1 Å². The number of carbonyl (C=O) groups excluding carboxylic acids is 2. The molecule has 0 saturated carbocycles. The number of hydrogen-bond acceptors (Lipinski definition) is 4. The zero-order valence-electron chi connectivity index (χ0n) is 5.10. The molecule has 0 aromatic carbocycles. The van der Waals surface area contributed by atoms with E-state index in [1.165, 1.54) is 0 Å². The molecule has 0 spiro atoms. The number of alkyl halides is 2. The van der Waals surface area contributed by atoms with Crippen molar-refractivity contribution in [3.05, 3.63) is 0 Å². The molecular formula is C4H4CuF2O4. The Bertz CT molecular complexity index is 105. The molecule has 0 atom stereocenters. The minimum atomic E-state index is -1.66. The van der Waals surface area contributed by atoms with Crippen molar-refractivity contribution in [2.24, 2.45) is 0 Å². The van der Waals surface area contributed by atoms with Crippen LogP contribution in [0.2, 0.25) is 0 Å². The van der Waals surface area contributed by atoms with Gasteiger partial charge in [-0.25, -0.2) is 8.78 Å². The van der Waals surface area contributed by atoms with Gasteiger partial charge < -0.3 is 19.8 Å². The van der Waals surface area contributed by atoms with Gasteiger partial charge in [-0.1, -0.05) is 0 Å². The normalized spacial score (nSPS) is 6.73. The number of carbonyl (C=O) groups is 2. The fourth-order valence-electron chi connectivity index (χ4n) is 0. The predicted octanol–water partition coefficient (Wildman–Crippen LogP) is -2.59. The van der Waals surface area contributed by atoms with E-state index in [2.05, 4.69) is 0 Å². The number of carboxylic acids is 2. The summed E-state index contributed by atoms with van der Waals surface area (Å²) >= 11 is 0. The van der Waals surface area contributed by atoms with E-state index in [-0.39, 0.29) is 17.1 Å². The molecule has 7 heteroatoms. The maximum absolute atomic E-state index is 10.5. The Morgan fingerprint density at radius 1 is 1.00 bits per heavy atom. The largest absolute Gasteiger partial charge is 2.00 e. The van der Waals surface area contributed by atoms with Gasteiger partial charge in [0, 0.05) is 0 Å². The van der Waals surface area contributed by atoms with Crippen LogP contribution in [0.1, 0.15) is 0 Å². The molecule has 0 heterocycles. The quantitative estimate of drug-likeness (QED) is 0.476. The van der Waals surface area contributed by atoms with E-state index in [1.807, 2.05) is 0 Å². The Balaban J connectivity index is -0.000000107. The summed E-state index contributed by atoms with van der Waals surface area (Å²) in [5.74, 6) is -3.32. The first-order valence-corrected chi connectivity index (χ1v) is 2.06. The van der Waals surface area contributed by atoms with Crippen molar-refractivity contribution in [3.8, 4) is 0 Å². The average molecular weight is 218 g/mol. The zero-order valence-corrected chi connectivity index (χ0v) is 6.05. The van der Waals surface area contributed by atoms with E-state index >= 15 is 0 Å². The third-order valence-corrected chi connectivity index (χ3v) is 0.218. The van der Waals surface area contributed by atoms with Crippen LogP contribution in [0.3, 0.4) is 0 Å². The second-order valence-corrected chi connectivity index (χ2v) is 1.01. The zero-order chi connectivity index (χ0) is 8.57. The van der Waals surface area contributed by atoms with Crippen LogP contribution in [0.4, 0.5) is 8.78 Å². The Morgan fingerprint density at radius 2 is 1.09 bits per heavy atom. The topological polar surface area (TPSA) is 80.3 Å². The first-order chi connectivity index (χ1) is 4.54. The third kappa shape index (κ3) is 45.3. The van der Waals surface area contributed by atoms with E-state index in [0.29, 0.717) is 0 Å². The van der Waals surface area contributed by atoms with Gasteiger partial charge in [0.1, 0.15) is 13.3 Å². The van der Waals surface area contributed by atoms with Gasteiger partial charge in [0.25, 0.3) is 0 Å². The van der Waals surface area contributed by atoms with Crippen LogP contribution in [0.5, 0.6) is 0 Å². The smallest absolute Gasteiger partial charge is 0.547 e. The summed E-state index contributed by atoms with van der Waals surface area (Å²) in [5, 5.41) is 17.8. The molecule has 0 aromatic heterocycles. The van der Waals surface area contributed by atoms with Gasteiger partial charge in [-0.05, 0) is 0 Å². The van der Waals surface area contributed by atoms with Crippen LogP contribution in [-0.2, 0) is 26.7 Å². The van der Waals surface area contributed by atoms with Crippen LogP contribution < -0.4 is 10.2 Å². The Labute approximate surface area is 71.7 Å². The number of halogens is 2. The Kier molecular flexibility index (Phi) is 18.3. The first kappa shape index (κ1) is 16.7. The molecule has 0 fully saturated rings. The molecule has 0 aliphatic carbocycles. The van der Waals surface area contributed by atoms with E-state index in [9.17, 15) is 8.78 Å². The minimum absolute atomic E-state index is 0. The Hall–Kier alpha value is -0.681. The van der Waals surface area contributed by atoms with E-state index in [4.69, 9.17) is 19.8 Å². The van der Waals surface area contributed by atoms with Crippen LogP contribution in [0.25, 0.3) is 0 Å². The fourth-order valence-corrected chi connectivity index (χ4v) is 0. The summed E-state index contributed by atoms with van der Waals surface area (Å²) in [7, 11) is 0. The molecule has 0 amide bonds. The molecule has 0 rings (SSSR count). The van der Waals surface area contributed by atoms with Crippen molar-refractivity contribution >= 4 is 11.9 Å². The van der Waals surface area contributed by atoms with Crippen molar-refractivity contribution in [2.75, 3.05) is 13.3 Å². The second-order valence-electron chi connectivity index (χ2n) is 1.01. The van der Waals surface area contributed by atoms with Crippen molar-refractivity contribution < 1.29 is 45.7 Å². The number of hydrogen-bond donors (Lipinski definition) is 0. The third-order valence-electron chi connectivity index (χ3n) is 0.218. The molecule has 0 aromatic rings. The van der Waals surface area contributed by atoms with Crippen molar-refractivity contribution in [3.63, 3.8) is 0 Å². The molecule has 69 valence electrons. The summed E-state index contributed by atoms with van der Waals surface area (Å²) in [4.78, 5) is 17.8. The van der Waals surface area contributed by atoms with Gasteiger partial charge in [-0.15, -0.1) is 0 Å². The molecule has 0 unspecified atom stereocenters. The first-order valence-electron chi connectivity index (χ1n) is 2.06. The molecule has 0 N–H and O–H groups in total. The Morgan fingerprint density at radius 3 is 1.09 bits per heavy atom. The van der Waals surface area contributed by atoms with Crippen LogP contribution in [-0.4, -0.2) is 25.3 Å². The maximum Gasteiger partial charge on any atom is 2.00 e. The van der Waals surface area contributed by atoms with Crippen molar-refractivity contribution in [2.45, 2.75) is 0 Å². The predicted molar refractivity (Wildman–Crippen MR) is 22.0 cm³/mol. The van der Waals surface area contributed by atoms with Gasteiger partial charge in [0.05, 0.1) is 11.9 Å². The SMILES string of the molecule is O=C([O-])CF.O=C([O-])CF.[Cu+2]. The molecule has 11 heavy (non-hydrogen) atoms. The van der Waals surface area contributed by atoms with Gasteiger partial charge in [-0.3, -0.25) is 0 Å². The summed E-state index contributed by atoms with van der Waals surface area (Å²) in [6.45, 7) is -2.78. The summed E-state index contributed by atoms with van der Waals surface area (Å²) in [6, 6.07) is 0. The number of rotatable bonds is 2. The molecule has 4 nitrogen and oxygen atoms in total. The minimum Gasteiger partial charge on any atom is -0.547 e.